The van der Waals surface area contributed by atoms with Gasteiger partial charge in [-0.15, -0.1) is 0 Å². The molecule has 108 valence electrons. The number of rotatable bonds is 6. The first-order valence-electron chi connectivity index (χ1n) is 6.60. The predicted octanol–water partition coefficient (Wildman–Crippen LogP) is 2.56. The predicted molar refractivity (Wildman–Crippen MR) is 83.3 cm³/mol. The fourth-order valence-corrected chi connectivity index (χ4v) is 2.52. The number of thioether (sulfide) groups is 1. The number of nitrogens with zero attached hydrogens (tertiary/aromatic N) is 1. The molecule has 0 aliphatic rings. The van der Waals surface area contributed by atoms with Crippen LogP contribution in [0, 0.1) is 0 Å². The lowest BCUT2D eigenvalue weighted by Gasteiger charge is -2.11. The minimum atomic E-state index is -0.302. The van der Waals surface area contributed by atoms with Crippen molar-refractivity contribution in [1.82, 2.24) is 10.3 Å². The third-order valence-electron chi connectivity index (χ3n) is 2.82. The third kappa shape index (κ3) is 4.72. The molecule has 1 aromatic carbocycles. The number of hydrogen-bond acceptors (Lipinski definition) is 4. The van der Waals surface area contributed by atoms with Gasteiger partial charge in [-0.2, -0.15) is 0 Å². The highest BCUT2D eigenvalue weighted by Crippen LogP contribution is 2.20. The Morgan fingerprint density at radius 2 is 1.86 bits per heavy atom. The second kappa shape index (κ2) is 7.59. The molecular weight excluding hydrogens is 284 g/mol. The minimum absolute atomic E-state index is 0.00989. The first-order valence-corrected chi connectivity index (χ1v) is 7.48. The van der Waals surface area contributed by atoms with E-state index in [9.17, 15) is 9.59 Å². The van der Waals surface area contributed by atoms with Crippen molar-refractivity contribution in [3.05, 3.63) is 60.3 Å². The van der Waals surface area contributed by atoms with E-state index in [0.29, 0.717) is 5.56 Å². The average molecular weight is 300 g/mol. The number of hydrogen-bond donors (Lipinski definition) is 1. The van der Waals surface area contributed by atoms with Gasteiger partial charge >= 0.3 is 0 Å². The number of carbonyl (C=O) groups is 2. The van der Waals surface area contributed by atoms with Gasteiger partial charge in [-0.05, 0) is 19.1 Å². The van der Waals surface area contributed by atoms with Crippen molar-refractivity contribution < 1.29 is 9.59 Å². The Morgan fingerprint density at radius 3 is 2.52 bits per heavy atom. The molecule has 21 heavy (non-hydrogen) atoms. The average Bonchev–Trinajstić information content (AvgIpc) is 2.54. The summed E-state index contributed by atoms with van der Waals surface area (Å²) in [6.45, 7) is 1.80. The van der Waals surface area contributed by atoms with Gasteiger partial charge in [-0.3, -0.25) is 9.59 Å². The zero-order valence-corrected chi connectivity index (χ0v) is 12.5. The van der Waals surface area contributed by atoms with E-state index in [0.717, 1.165) is 5.03 Å². The Bertz CT molecular complexity index is 602. The van der Waals surface area contributed by atoms with E-state index < -0.39 is 0 Å². The molecule has 0 radical (unpaired) electrons. The van der Waals surface area contributed by atoms with Gasteiger partial charge in [0.15, 0.2) is 5.78 Å². The zero-order chi connectivity index (χ0) is 15.1. The summed E-state index contributed by atoms with van der Waals surface area (Å²) >= 11 is 1.36. The van der Waals surface area contributed by atoms with E-state index in [1.54, 1.807) is 37.4 Å². The number of aromatic nitrogens is 1. The Balaban J connectivity index is 1.83. The maximum absolute atomic E-state index is 12.0. The second-order valence-corrected chi connectivity index (χ2v) is 5.80. The highest BCUT2D eigenvalue weighted by molar-refractivity contribution is 8.00. The molecule has 0 aliphatic heterocycles. The summed E-state index contributed by atoms with van der Waals surface area (Å²) in [6.07, 6.45) is 1.69. The van der Waals surface area contributed by atoms with Crippen LogP contribution in [0.15, 0.2) is 59.8 Å². The Hall–Kier alpha value is -2.14. The quantitative estimate of drug-likeness (QED) is 0.658. The summed E-state index contributed by atoms with van der Waals surface area (Å²) in [5.41, 5.74) is 0.600. The van der Waals surface area contributed by atoms with Crippen LogP contribution >= 0.6 is 11.8 Å². The lowest BCUT2D eigenvalue weighted by molar-refractivity contribution is -0.120. The highest BCUT2D eigenvalue weighted by Gasteiger charge is 2.16. The molecule has 2 aromatic rings. The molecule has 1 amide bonds. The Morgan fingerprint density at radius 1 is 1.14 bits per heavy atom. The highest BCUT2D eigenvalue weighted by atomic mass is 32.2. The maximum atomic E-state index is 12.0. The van der Waals surface area contributed by atoms with Crippen LogP contribution in [0.5, 0.6) is 0 Å². The number of nitrogens with one attached hydrogen (secondary N) is 1. The lowest BCUT2D eigenvalue weighted by Crippen LogP contribution is -2.35. The van der Waals surface area contributed by atoms with Crippen molar-refractivity contribution >= 4 is 23.5 Å². The number of pyridine rings is 1. The fourth-order valence-electron chi connectivity index (χ4n) is 1.69. The van der Waals surface area contributed by atoms with Crippen molar-refractivity contribution in [2.24, 2.45) is 0 Å². The van der Waals surface area contributed by atoms with Crippen molar-refractivity contribution in [2.75, 3.05) is 6.54 Å². The van der Waals surface area contributed by atoms with Crippen LogP contribution < -0.4 is 5.32 Å². The van der Waals surface area contributed by atoms with Crippen molar-refractivity contribution in [1.29, 1.82) is 0 Å². The van der Waals surface area contributed by atoms with Gasteiger partial charge in [0, 0.05) is 11.8 Å². The van der Waals surface area contributed by atoms with E-state index in [2.05, 4.69) is 10.3 Å². The zero-order valence-electron chi connectivity index (χ0n) is 11.7. The van der Waals surface area contributed by atoms with Crippen molar-refractivity contribution in [2.45, 2.75) is 17.2 Å². The van der Waals surface area contributed by atoms with Crippen molar-refractivity contribution in [3.63, 3.8) is 0 Å². The minimum Gasteiger partial charge on any atom is -0.348 e. The molecule has 0 bridgehead atoms. The number of carbonyl (C=O) groups excluding carboxylic acids is 2. The van der Waals surface area contributed by atoms with Crippen LogP contribution in [0.1, 0.15) is 17.3 Å². The fraction of sp³-hybridized carbons (Fsp3) is 0.188. The number of amides is 1. The first-order chi connectivity index (χ1) is 10.2. The Labute approximate surface area is 128 Å². The molecule has 1 unspecified atom stereocenters. The lowest BCUT2D eigenvalue weighted by atomic mass is 10.1. The molecule has 4 nitrogen and oxygen atoms in total. The van der Waals surface area contributed by atoms with Gasteiger partial charge in [0.2, 0.25) is 5.91 Å². The molecule has 0 spiro atoms. The SMILES string of the molecule is CC(Sc1ccccn1)C(=O)NCC(=O)c1ccccc1. The van der Waals surface area contributed by atoms with E-state index in [4.69, 9.17) is 0 Å². The van der Waals surface area contributed by atoms with Crippen LogP contribution in [0.2, 0.25) is 0 Å². The molecule has 1 atom stereocenters. The molecular formula is C16H16N2O2S. The molecule has 0 saturated heterocycles. The van der Waals surface area contributed by atoms with Gasteiger partial charge in [-0.25, -0.2) is 4.98 Å². The molecule has 0 saturated carbocycles. The normalized spacial score (nSPS) is 11.7. The van der Waals surface area contributed by atoms with E-state index in [1.165, 1.54) is 11.8 Å². The third-order valence-corrected chi connectivity index (χ3v) is 3.87. The monoisotopic (exact) mass is 300 g/mol. The van der Waals surface area contributed by atoms with Crippen LogP contribution in [-0.2, 0) is 4.79 Å². The summed E-state index contributed by atoms with van der Waals surface area (Å²) in [5.74, 6) is -0.270. The van der Waals surface area contributed by atoms with E-state index in [-0.39, 0.29) is 23.5 Å². The second-order valence-electron chi connectivity index (χ2n) is 4.44. The van der Waals surface area contributed by atoms with Crippen LogP contribution in [0.25, 0.3) is 0 Å². The molecule has 1 heterocycles. The van der Waals surface area contributed by atoms with Gasteiger partial charge in [0.1, 0.15) is 0 Å². The summed E-state index contributed by atoms with van der Waals surface area (Å²) < 4.78 is 0. The first kappa shape index (κ1) is 15.3. The van der Waals surface area contributed by atoms with E-state index >= 15 is 0 Å². The summed E-state index contributed by atoms with van der Waals surface area (Å²) in [6, 6.07) is 14.5. The molecule has 0 aliphatic carbocycles. The van der Waals surface area contributed by atoms with Gasteiger partial charge in [-0.1, -0.05) is 48.2 Å². The van der Waals surface area contributed by atoms with Gasteiger partial charge < -0.3 is 5.32 Å². The Kier molecular flexibility index (Phi) is 5.51. The number of benzene rings is 1. The standard InChI is InChI=1S/C16H16N2O2S/c1-12(21-15-9-5-6-10-17-15)16(20)18-11-14(19)13-7-3-2-4-8-13/h2-10,12H,11H2,1H3,(H,18,20). The molecule has 2 rings (SSSR count). The van der Waals surface area contributed by atoms with Crippen LogP contribution in [-0.4, -0.2) is 28.5 Å². The molecule has 5 heteroatoms. The van der Waals surface area contributed by atoms with E-state index in [1.807, 2.05) is 24.3 Å². The summed E-state index contributed by atoms with van der Waals surface area (Å²) in [7, 11) is 0. The summed E-state index contributed by atoms with van der Waals surface area (Å²) in [5, 5.41) is 3.15. The largest absolute Gasteiger partial charge is 0.348 e. The molecule has 1 N–H and O–H groups in total. The molecule has 0 fully saturated rings. The maximum Gasteiger partial charge on any atom is 0.233 e. The summed E-state index contributed by atoms with van der Waals surface area (Å²) in [4.78, 5) is 28.0. The smallest absolute Gasteiger partial charge is 0.233 e. The van der Waals surface area contributed by atoms with Crippen LogP contribution in [0.4, 0.5) is 0 Å². The number of Topliss-reactive ketones (excluding diaryl/α,β-unsaturated/α-hetero) is 1. The molecule has 1 aromatic heterocycles. The topological polar surface area (TPSA) is 59.1 Å². The number of ketones is 1. The van der Waals surface area contributed by atoms with Gasteiger partial charge in [0.05, 0.1) is 16.8 Å². The van der Waals surface area contributed by atoms with Gasteiger partial charge in [0.25, 0.3) is 0 Å². The van der Waals surface area contributed by atoms with Crippen molar-refractivity contribution in [3.8, 4) is 0 Å². The van der Waals surface area contributed by atoms with Crippen LogP contribution in [0.3, 0.4) is 0 Å².